The molecule has 0 saturated heterocycles. The van der Waals surface area contributed by atoms with Crippen LogP contribution in [-0.2, 0) is 4.74 Å². The minimum absolute atomic E-state index is 0.441. The quantitative estimate of drug-likeness (QED) is 0.747. The molecule has 2 atom stereocenters. The van der Waals surface area contributed by atoms with E-state index in [2.05, 4.69) is 4.98 Å². The Morgan fingerprint density at radius 3 is 2.88 bits per heavy atom. The SMILES string of the molecule is Nc1nc(=O)n([C@@H]2O[C@H](CO)C=C2F)cc1F. The topological polar surface area (TPSA) is 90.4 Å². The van der Waals surface area contributed by atoms with Crippen molar-refractivity contribution < 1.29 is 18.6 Å². The van der Waals surface area contributed by atoms with Gasteiger partial charge in [-0.25, -0.2) is 13.6 Å². The van der Waals surface area contributed by atoms with Crippen molar-refractivity contribution in [1.29, 1.82) is 0 Å². The van der Waals surface area contributed by atoms with Crippen LogP contribution < -0.4 is 11.4 Å². The minimum Gasteiger partial charge on any atom is -0.393 e. The maximum atomic E-state index is 13.4. The summed E-state index contributed by atoms with van der Waals surface area (Å²) in [5, 5.41) is 8.78. The van der Waals surface area contributed by atoms with E-state index in [4.69, 9.17) is 15.6 Å². The summed E-state index contributed by atoms with van der Waals surface area (Å²) in [5.74, 6) is -2.31. The maximum Gasteiger partial charge on any atom is 0.352 e. The molecule has 0 spiro atoms. The molecule has 0 fully saturated rings. The summed E-state index contributed by atoms with van der Waals surface area (Å²) in [6.45, 7) is -0.441. The lowest BCUT2D eigenvalue weighted by Gasteiger charge is -2.15. The number of aliphatic hydroxyl groups excluding tert-OH is 1. The van der Waals surface area contributed by atoms with Gasteiger partial charge in [0, 0.05) is 0 Å². The summed E-state index contributed by atoms with van der Waals surface area (Å²) in [7, 11) is 0. The molecule has 8 heteroatoms. The van der Waals surface area contributed by atoms with Crippen LogP contribution in [0.3, 0.4) is 0 Å². The van der Waals surface area contributed by atoms with Crippen LogP contribution in [-0.4, -0.2) is 27.4 Å². The fourth-order valence-electron chi connectivity index (χ4n) is 1.45. The fourth-order valence-corrected chi connectivity index (χ4v) is 1.45. The Morgan fingerprint density at radius 2 is 2.29 bits per heavy atom. The zero-order valence-electron chi connectivity index (χ0n) is 8.51. The van der Waals surface area contributed by atoms with Crippen LogP contribution >= 0.6 is 0 Å². The van der Waals surface area contributed by atoms with Gasteiger partial charge in [-0.05, 0) is 6.08 Å². The van der Waals surface area contributed by atoms with Gasteiger partial charge in [-0.3, -0.25) is 4.57 Å². The van der Waals surface area contributed by atoms with Gasteiger partial charge in [0.25, 0.3) is 0 Å². The molecule has 0 unspecified atom stereocenters. The number of hydrogen-bond acceptors (Lipinski definition) is 5. The Bertz CT molecular complexity index is 529. The number of halogens is 2. The summed E-state index contributed by atoms with van der Waals surface area (Å²) in [6.07, 6.45) is -0.566. The van der Waals surface area contributed by atoms with E-state index in [1.165, 1.54) is 0 Å². The van der Waals surface area contributed by atoms with Crippen molar-refractivity contribution in [3.05, 3.63) is 34.4 Å². The van der Waals surface area contributed by atoms with Crippen LogP contribution in [0.2, 0.25) is 0 Å². The average Bonchev–Trinajstić information content (AvgIpc) is 2.65. The molecule has 0 aliphatic carbocycles. The number of nitrogens with zero attached hydrogens (tertiary/aromatic N) is 2. The van der Waals surface area contributed by atoms with Crippen LogP contribution in [0, 0.1) is 5.82 Å². The largest absolute Gasteiger partial charge is 0.393 e. The molecule has 0 radical (unpaired) electrons. The van der Waals surface area contributed by atoms with Gasteiger partial charge < -0.3 is 15.6 Å². The average molecular weight is 245 g/mol. The number of rotatable bonds is 2. The second-order valence-corrected chi connectivity index (χ2v) is 3.42. The highest BCUT2D eigenvalue weighted by Crippen LogP contribution is 2.28. The standard InChI is InChI=1S/C9H9F2N3O3/c10-5-1-4(3-15)17-8(5)14-2-6(11)7(12)13-9(14)16/h1-2,4,8,15H,3H2,(H2,12,13,16)/t4-,8+/m0/s1. The first kappa shape index (κ1) is 11.7. The molecule has 92 valence electrons. The first-order valence-corrected chi connectivity index (χ1v) is 4.70. The molecule has 3 N–H and O–H groups in total. The number of aliphatic hydroxyl groups is 1. The van der Waals surface area contributed by atoms with Crippen molar-refractivity contribution in [1.82, 2.24) is 9.55 Å². The van der Waals surface area contributed by atoms with Gasteiger partial charge in [-0.2, -0.15) is 4.98 Å². The highest BCUT2D eigenvalue weighted by Gasteiger charge is 2.30. The lowest BCUT2D eigenvalue weighted by molar-refractivity contribution is -0.0218. The number of ether oxygens (including phenoxy) is 1. The summed E-state index contributed by atoms with van der Waals surface area (Å²) < 4.78 is 32.1. The molecular formula is C9H9F2N3O3. The number of anilines is 1. The van der Waals surface area contributed by atoms with Crippen molar-refractivity contribution in [2.75, 3.05) is 12.3 Å². The Balaban J connectivity index is 2.40. The maximum absolute atomic E-state index is 13.4. The van der Waals surface area contributed by atoms with Crippen molar-refractivity contribution in [2.24, 2.45) is 0 Å². The fraction of sp³-hybridized carbons (Fsp3) is 0.333. The Hall–Kier alpha value is -1.80. The Morgan fingerprint density at radius 1 is 1.59 bits per heavy atom. The van der Waals surface area contributed by atoms with Gasteiger partial charge in [-0.1, -0.05) is 0 Å². The Kier molecular flexibility index (Phi) is 2.90. The molecule has 1 aliphatic rings. The number of hydrogen-bond donors (Lipinski definition) is 2. The van der Waals surface area contributed by atoms with E-state index in [0.717, 1.165) is 6.08 Å². The lowest BCUT2D eigenvalue weighted by atomic mass is 10.3. The van der Waals surface area contributed by atoms with Crippen molar-refractivity contribution in [2.45, 2.75) is 12.3 Å². The first-order chi connectivity index (χ1) is 8.02. The summed E-state index contributed by atoms with van der Waals surface area (Å²) in [5.41, 5.74) is 4.15. The van der Waals surface area contributed by atoms with Crippen LogP contribution in [0.1, 0.15) is 6.23 Å². The summed E-state index contributed by atoms with van der Waals surface area (Å²) in [4.78, 5) is 14.6. The van der Waals surface area contributed by atoms with Crippen molar-refractivity contribution >= 4 is 5.82 Å². The van der Waals surface area contributed by atoms with E-state index in [9.17, 15) is 13.6 Å². The van der Waals surface area contributed by atoms with E-state index >= 15 is 0 Å². The monoisotopic (exact) mass is 245 g/mol. The van der Waals surface area contributed by atoms with Crippen LogP contribution in [0.25, 0.3) is 0 Å². The molecule has 2 heterocycles. The number of nitrogens with two attached hydrogens (primary N) is 1. The van der Waals surface area contributed by atoms with E-state index < -0.39 is 42.1 Å². The van der Waals surface area contributed by atoms with Gasteiger partial charge >= 0.3 is 5.69 Å². The molecule has 6 nitrogen and oxygen atoms in total. The van der Waals surface area contributed by atoms with E-state index in [0.29, 0.717) is 10.8 Å². The third kappa shape index (κ3) is 2.04. The third-order valence-corrected chi connectivity index (χ3v) is 2.25. The molecule has 1 aromatic rings. The van der Waals surface area contributed by atoms with Crippen molar-refractivity contribution in [3.63, 3.8) is 0 Å². The Labute approximate surface area is 94.0 Å². The molecule has 1 aromatic heterocycles. The van der Waals surface area contributed by atoms with Gasteiger partial charge in [0.1, 0.15) is 11.9 Å². The summed E-state index contributed by atoms with van der Waals surface area (Å²) >= 11 is 0. The van der Waals surface area contributed by atoms with Gasteiger partial charge in [-0.15, -0.1) is 0 Å². The zero-order chi connectivity index (χ0) is 12.6. The van der Waals surface area contributed by atoms with E-state index in [1.807, 2.05) is 0 Å². The molecule has 0 amide bonds. The molecule has 0 saturated carbocycles. The molecule has 0 bridgehead atoms. The molecule has 0 aromatic carbocycles. The highest BCUT2D eigenvalue weighted by atomic mass is 19.1. The predicted octanol–water partition coefficient (Wildman–Crippen LogP) is -0.292. The smallest absolute Gasteiger partial charge is 0.352 e. The van der Waals surface area contributed by atoms with Crippen molar-refractivity contribution in [3.8, 4) is 0 Å². The highest BCUT2D eigenvalue weighted by molar-refractivity contribution is 5.27. The first-order valence-electron chi connectivity index (χ1n) is 4.70. The second kappa shape index (κ2) is 4.22. The second-order valence-electron chi connectivity index (χ2n) is 3.42. The predicted molar refractivity (Wildman–Crippen MR) is 53.1 cm³/mol. The minimum atomic E-state index is -1.41. The lowest BCUT2D eigenvalue weighted by Crippen LogP contribution is -2.30. The number of nitrogen functional groups attached to an aromatic ring is 1. The van der Waals surface area contributed by atoms with Crippen LogP contribution in [0.15, 0.2) is 22.9 Å². The molecule has 1 aliphatic heterocycles. The molecule has 2 rings (SSSR count). The molecule has 17 heavy (non-hydrogen) atoms. The van der Waals surface area contributed by atoms with Gasteiger partial charge in [0.05, 0.1) is 12.8 Å². The normalized spacial score (nSPS) is 23.8. The van der Waals surface area contributed by atoms with E-state index in [1.54, 1.807) is 0 Å². The zero-order valence-corrected chi connectivity index (χ0v) is 8.51. The van der Waals surface area contributed by atoms with Gasteiger partial charge in [0.2, 0.25) is 0 Å². The van der Waals surface area contributed by atoms with Gasteiger partial charge in [0.15, 0.2) is 17.9 Å². The third-order valence-electron chi connectivity index (χ3n) is 2.25. The summed E-state index contributed by atoms with van der Waals surface area (Å²) in [6, 6.07) is 0. The van der Waals surface area contributed by atoms with Crippen LogP contribution in [0.4, 0.5) is 14.6 Å². The van der Waals surface area contributed by atoms with Crippen LogP contribution in [0.5, 0.6) is 0 Å². The number of aromatic nitrogens is 2. The van der Waals surface area contributed by atoms with E-state index in [-0.39, 0.29) is 0 Å². The molecular weight excluding hydrogens is 236 g/mol.